The molecule has 0 saturated carbocycles. The van der Waals surface area contributed by atoms with Gasteiger partial charge >= 0.3 is 6.03 Å². The van der Waals surface area contributed by atoms with E-state index in [4.69, 9.17) is 0 Å². The van der Waals surface area contributed by atoms with Gasteiger partial charge in [-0.2, -0.15) is 0 Å². The maximum Gasteiger partial charge on any atom is 0.318 e. The maximum absolute atomic E-state index is 11.7. The van der Waals surface area contributed by atoms with Crippen LogP contribution in [0, 0.1) is 6.92 Å². The van der Waals surface area contributed by atoms with E-state index < -0.39 is 0 Å². The third-order valence-electron chi connectivity index (χ3n) is 3.02. The van der Waals surface area contributed by atoms with E-state index >= 15 is 0 Å². The van der Waals surface area contributed by atoms with Crippen molar-refractivity contribution in [2.45, 2.75) is 19.9 Å². The lowest BCUT2D eigenvalue weighted by molar-refractivity contribution is -0.117. The highest BCUT2D eigenvalue weighted by molar-refractivity contribution is 9.10. The minimum absolute atomic E-state index is 0.00300. The van der Waals surface area contributed by atoms with Crippen molar-refractivity contribution in [3.63, 3.8) is 0 Å². The number of halogens is 1. The van der Waals surface area contributed by atoms with Crippen LogP contribution in [-0.2, 0) is 4.79 Å². The fraction of sp³-hybridized carbons (Fsp3) is 0.385. The Bertz CT molecular complexity index is 502. The summed E-state index contributed by atoms with van der Waals surface area (Å²) in [4.78, 5) is 24.4. The molecule has 5 heteroatoms. The Morgan fingerprint density at radius 3 is 2.94 bits per heavy atom. The minimum atomic E-state index is -0.172. The first-order valence-corrected chi connectivity index (χ1v) is 6.57. The lowest BCUT2D eigenvalue weighted by Crippen LogP contribution is -2.32. The molecule has 1 aliphatic heterocycles. The van der Waals surface area contributed by atoms with Gasteiger partial charge in [-0.3, -0.25) is 4.79 Å². The number of ketones is 1. The van der Waals surface area contributed by atoms with E-state index in [2.05, 4.69) is 21.2 Å². The summed E-state index contributed by atoms with van der Waals surface area (Å²) in [7, 11) is 0. The van der Waals surface area contributed by atoms with Crippen molar-refractivity contribution in [1.82, 2.24) is 10.2 Å². The van der Waals surface area contributed by atoms with E-state index in [0.29, 0.717) is 6.54 Å². The molecule has 0 radical (unpaired) electrons. The summed E-state index contributed by atoms with van der Waals surface area (Å²) in [6.07, 6.45) is 0. The molecule has 0 aromatic heterocycles. The average Bonchev–Trinajstić information content (AvgIpc) is 2.63. The number of amides is 2. The van der Waals surface area contributed by atoms with Crippen molar-refractivity contribution in [1.29, 1.82) is 0 Å². The number of carbonyl (C=O) groups excluding carboxylic acids is 2. The zero-order valence-electron chi connectivity index (χ0n) is 10.4. The van der Waals surface area contributed by atoms with Crippen LogP contribution in [0.5, 0.6) is 0 Å². The molecule has 1 saturated heterocycles. The number of hydrogen-bond acceptors (Lipinski definition) is 2. The van der Waals surface area contributed by atoms with Gasteiger partial charge < -0.3 is 10.2 Å². The molecule has 1 aliphatic rings. The first kappa shape index (κ1) is 13.1. The molecular weight excluding hydrogens is 296 g/mol. The maximum atomic E-state index is 11.7. The molecule has 1 atom stereocenters. The van der Waals surface area contributed by atoms with Crippen LogP contribution in [0.3, 0.4) is 0 Å². The standard InChI is InChI=1S/C13H15BrN2O2/c1-8-3-4-10(14)5-11(8)12-7-16(6-9(2)17)13(18)15-12/h3-5,12H,6-7H2,1-2H3,(H,15,18). The number of rotatable bonds is 3. The van der Waals surface area contributed by atoms with Crippen LogP contribution in [0.15, 0.2) is 22.7 Å². The zero-order valence-corrected chi connectivity index (χ0v) is 12.0. The van der Waals surface area contributed by atoms with Gasteiger partial charge in [0.05, 0.1) is 12.6 Å². The fourth-order valence-electron chi connectivity index (χ4n) is 2.16. The number of nitrogens with zero attached hydrogens (tertiary/aromatic N) is 1. The van der Waals surface area contributed by atoms with E-state index in [0.717, 1.165) is 15.6 Å². The molecule has 2 rings (SSSR count). The van der Waals surface area contributed by atoms with Crippen LogP contribution in [0.1, 0.15) is 24.1 Å². The number of benzene rings is 1. The number of hydrogen-bond donors (Lipinski definition) is 1. The highest BCUT2D eigenvalue weighted by Crippen LogP contribution is 2.26. The summed E-state index contributed by atoms with van der Waals surface area (Å²) in [5.74, 6) is -0.00300. The summed E-state index contributed by atoms with van der Waals surface area (Å²) in [6.45, 7) is 4.22. The number of Topliss-reactive ketones (excluding diaryl/α,β-unsaturated/α-hetero) is 1. The largest absolute Gasteiger partial charge is 0.329 e. The highest BCUT2D eigenvalue weighted by Gasteiger charge is 2.30. The van der Waals surface area contributed by atoms with Crippen molar-refractivity contribution in [2.24, 2.45) is 0 Å². The molecule has 1 aromatic rings. The van der Waals surface area contributed by atoms with Crippen LogP contribution < -0.4 is 5.32 Å². The molecule has 0 bridgehead atoms. The third kappa shape index (κ3) is 2.72. The Morgan fingerprint density at radius 2 is 2.28 bits per heavy atom. The van der Waals surface area contributed by atoms with Crippen LogP contribution in [-0.4, -0.2) is 29.8 Å². The quantitative estimate of drug-likeness (QED) is 0.932. The fourth-order valence-corrected chi connectivity index (χ4v) is 2.54. The van der Waals surface area contributed by atoms with Crippen molar-refractivity contribution >= 4 is 27.7 Å². The molecule has 1 aromatic carbocycles. The smallest absolute Gasteiger partial charge is 0.318 e. The number of carbonyl (C=O) groups is 2. The predicted octanol–water partition coefficient (Wildman–Crippen LogP) is 2.41. The van der Waals surface area contributed by atoms with Crippen molar-refractivity contribution in [2.75, 3.05) is 13.1 Å². The first-order valence-electron chi connectivity index (χ1n) is 5.78. The topological polar surface area (TPSA) is 49.4 Å². The monoisotopic (exact) mass is 310 g/mol. The van der Waals surface area contributed by atoms with Gasteiger partial charge in [0.25, 0.3) is 0 Å². The normalized spacial score (nSPS) is 18.9. The van der Waals surface area contributed by atoms with Crippen molar-refractivity contribution in [3.8, 4) is 0 Å². The van der Waals surface area contributed by atoms with E-state index in [9.17, 15) is 9.59 Å². The Morgan fingerprint density at radius 1 is 1.56 bits per heavy atom. The molecule has 18 heavy (non-hydrogen) atoms. The van der Waals surface area contributed by atoms with Crippen LogP contribution >= 0.6 is 15.9 Å². The molecule has 2 amide bonds. The Kier molecular flexibility index (Phi) is 3.71. The average molecular weight is 311 g/mol. The number of urea groups is 1. The van der Waals surface area contributed by atoms with Crippen LogP contribution in [0.25, 0.3) is 0 Å². The van der Waals surface area contributed by atoms with Gasteiger partial charge in [-0.25, -0.2) is 4.79 Å². The van der Waals surface area contributed by atoms with Gasteiger partial charge in [0.2, 0.25) is 0 Å². The molecule has 0 aliphatic carbocycles. The molecular formula is C13H15BrN2O2. The molecule has 96 valence electrons. The summed E-state index contributed by atoms with van der Waals surface area (Å²) >= 11 is 3.43. The summed E-state index contributed by atoms with van der Waals surface area (Å²) in [5, 5.41) is 2.91. The second-order valence-corrected chi connectivity index (χ2v) is 5.50. The molecule has 0 spiro atoms. The second-order valence-electron chi connectivity index (χ2n) is 4.59. The van der Waals surface area contributed by atoms with Gasteiger partial charge in [-0.1, -0.05) is 22.0 Å². The van der Waals surface area contributed by atoms with E-state index in [1.165, 1.54) is 6.92 Å². The molecule has 1 N–H and O–H groups in total. The summed E-state index contributed by atoms with van der Waals surface area (Å²) < 4.78 is 0.988. The van der Waals surface area contributed by atoms with Crippen LogP contribution in [0.2, 0.25) is 0 Å². The number of aryl methyl sites for hydroxylation is 1. The van der Waals surface area contributed by atoms with Crippen LogP contribution in [0.4, 0.5) is 4.79 Å². The molecule has 1 unspecified atom stereocenters. The number of nitrogens with one attached hydrogen (secondary N) is 1. The minimum Gasteiger partial charge on any atom is -0.329 e. The van der Waals surface area contributed by atoms with E-state index in [-0.39, 0.29) is 24.4 Å². The molecule has 1 heterocycles. The summed E-state index contributed by atoms with van der Waals surface area (Å²) in [5.41, 5.74) is 2.22. The van der Waals surface area contributed by atoms with Gasteiger partial charge in [0.15, 0.2) is 0 Å². The van der Waals surface area contributed by atoms with E-state index in [1.54, 1.807) is 4.90 Å². The second kappa shape index (κ2) is 5.10. The third-order valence-corrected chi connectivity index (χ3v) is 3.51. The lowest BCUT2D eigenvalue weighted by Gasteiger charge is -2.14. The van der Waals surface area contributed by atoms with Crippen molar-refractivity contribution < 1.29 is 9.59 Å². The SMILES string of the molecule is CC(=O)CN1CC(c2cc(Br)ccc2C)NC1=O. The highest BCUT2D eigenvalue weighted by atomic mass is 79.9. The van der Waals surface area contributed by atoms with Gasteiger partial charge in [-0.05, 0) is 37.1 Å². The molecule has 4 nitrogen and oxygen atoms in total. The van der Waals surface area contributed by atoms with Gasteiger partial charge in [-0.15, -0.1) is 0 Å². The Balaban J connectivity index is 2.19. The molecule has 1 fully saturated rings. The van der Waals surface area contributed by atoms with E-state index in [1.807, 2.05) is 25.1 Å². The van der Waals surface area contributed by atoms with Crippen molar-refractivity contribution in [3.05, 3.63) is 33.8 Å². The summed E-state index contributed by atoms with van der Waals surface area (Å²) in [6, 6.07) is 5.78. The predicted molar refractivity (Wildman–Crippen MR) is 72.4 cm³/mol. The lowest BCUT2D eigenvalue weighted by atomic mass is 10.0. The first-order chi connectivity index (χ1) is 8.47. The van der Waals surface area contributed by atoms with Gasteiger partial charge in [0, 0.05) is 11.0 Å². The zero-order chi connectivity index (χ0) is 13.3. The Labute approximate surface area is 114 Å². The Hall–Kier alpha value is -1.36. The van der Waals surface area contributed by atoms with Gasteiger partial charge in [0.1, 0.15) is 5.78 Å².